The van der Waals surface area contributed by atoms with Crippen LogP contribution in [0.3, 0.4) is 0 Å². The van der Waals surface area contributed by atoms with Gasteiger partial charge in [-0.1, -0.05) is 47.5 Å². The molecular formula is C40H38Cl2N6O7. The summed E-state index contributed by atoms with van der Waals surface area (Å²) in [6, 6.07) is 23.1. The number of carboxylic acid groups (broad SMARTS) is 1. The van der Waals surface area contributed by atoms with E-state index >= 15 is 0 Å². The number of hydrogen-bond donors (Lipinski definition) is 3. The highest BCUT2D eigenvalue weighted by atomic mass is 35.5. The van der Waals surface area contributed by atoms with E-state index in [1.165, 1.54) is 0 Å². The number of aromatic nitrogens is 4. The zero-order chi connectivity index (χ0) is 39.7. The molecular weight excluding hydrogens is 747 g/mol. The van der Waals surface area contributed by atoms with Crippen LogP contribution in [0, 0.1) is 0 Å². The topological polar surface area (TPSA) is 197 Å². The first-order chi connectivity index (χ1) is 26.5. The van der Waals surface area contributed by atoms with Crippen molar-refractivity contribution in [3.8, 4) is 0 Å². The monoisotopic (exact) mass is 784 g/mol. The van der Waals surface area contributed by atoms with Crippen molar-refractivity contribution in [1.29, 1.82) is 0 Å². The molecule has 6 aromatic rings. The summed E-state index contributed by atoms with van der Waals surface area (Å²) < 4.78 is 9.82. The zero-order valence-corrected chi connectivity index (χ0v) is 31.4. The van der Waals surface area contributed by atoms with E-state index in [0.29, 0.717) is 28.0 Å². The fourth-order valence-electron chi connectivity index (χ4n) is 5.04. The van der Waals surface area contributed by atoms with Gasteiger partial charge in [-0.3, -0.25) is 29.5 Å². The molecule has 55 heavy (non-hydrogen) atoms. The van der Waals surface area contributed by atoms with E-state index in [1.807, 2.05) is 18.2 Å². The quantitative estimate of drug-likeness (QED) is 0.122. The molecule has 1 amide bonds. The second-order valence-corrected chi connectivity index (χ2v) is 12.5. The second-order valence-electron chi connectivity index (χ2n) is 11.6. The van der Waals surface area contributed by atoms with Crippen LogP contribution in [0.2, 0.25) is 10.0 Å². The van der Waals surface area contributed by atoms with Gasteiger partial charge in [0.2, 0.25) is 5.91 Å². The third-order valence-corrected chi connectivity index (χ3v) is 7.92. The van der Waals surface area contributed by atoms with Gasteiger partial charge in [0.05, 0.1) is 58.5 Å². The van der Waals surface area contributed by atoms with Crippen molar-refractivity contribution < 1.29 is 33.8 Å². The SMILES string of the molecule is CCOC(=O)C(N)c1ccccn1.CCOC(=O)C(NC(=O)Cc1ccc2ncc(Cl)cc2c1)c1ccccn1.O=C(O)Cc1ccc2ncc(Cl)cc2c1. The van der Waals surface area contributed by atoms with Gasteiger partial charge in [-0.25, -0.2) is 9.59 Å². The van der Waals surface area contributed by atoms with E-state index in [0.717, 1.165) is 32.9 Å². The van der Waals surface area contributed by atoms with Crippen molar-refractivity contribution in [3.05, 3.63) is 142 Å². The Hall–Kier alpha value is -6.02. The van der Waals surface area contributed by atoms with Crippen LogP contribution in [0.15, 0.2) is 110 Å². The molecule has 4 heterocycles. The molecule has 0 aliphatic carbocycles. The number of fused-ring (bicyclic) bond motifs is 2. The number of pyridine rings is 4. The van der Waals surface area contributed by atoms with Gasteiger partial charge >= 0.3 is 17.9 Å². The van der Waals surface area contributed by atoms with Gasteiger partial charge in [0.15, 0.2) is 6.04 Å². The van der Waals surface area contributed by atoms with Crippen LogP contribution in [0.4, 0.5) is 0 Å². The number of nitrogens with two attached hydrogens (primary N) is 1. The molecule has 0 aliphatic heterocycles. The van der Waals surface area contributed by atoms with Crippen LogP contribution in [0.25, 0.3) is 21.8 Å². The van der Waals surface area contributed by atoms with E-state index in [-0.39, 0.29) is 25.4 Å². The standard InChI is InChI=1S/C20H18ClN3O3.C11H8ClNO2.C9H12N2O2/c1-2-27-20(26)19(17-5-3-4-8-22-17)24-18(25)10-13-6-7-16-14(9-13)11-15(21)12-23-16;12-9-5-8-3-7(4-11(14)15)1-2-10(8)13-6-9;1-2-13-9(12)8(10)7-5-3-4-6-11-7/h3-9,11-12,19H,2,10H2,1H3,(H,24,25);1-3,5-6H,4H2,(H,14,15);3-6,8H,2,10H2,1H3. The Kier molecular flexibility index (Phi) is 15.9. The Morgan fingerprint density at radius 1 is 0.691 bits per heavy atom. The van der Waals surface area contributed by atoms with E-state index in [9.17, 15) is 19.2 Å². The number of aliphatic carboxylic acids is 1. The highest BCUT2D eigenvalue weighted by Gasteiger charge is 2.25. The summed E-state index contributed by atoms with van der Waals surface area (Å²) in [5, 5.41) is 14.1. The van der Waals surface area contributed by atoms with Gasteiger partial charge in [0.1, 0.15) is 6.04 Å². The Labute approximate surface area is 326 Å². The van der Waals surface area contributed by atoms with E-state index < -0.39 is 30.0 Å². The molecule has 2 atom stereocenters. The van der Waals surface area contributed by atoms with Gasteiger partial charge in [-0.2, -0.15) is 0 Å². The van der Waals surface area contributed by atoms with Crippen LogP contribution in [-0.4, -0.2) is 62.1 Å². The molecule has 4 aromatic heterocycles. The van der Waals surface area contributed by atoms with Crippen molar-refractivity contribution in [3.63, 3.8) is 0 Å². The van der Waals surface area contributed by atoms with Crippen molar-refractivity contribution >= 4 is 68.8 Å². The van der Waals surface area contributed by atoms with Crippen molar-refractivity contribution in [1.82, 2.24) is 25.3 Å². The average molecular weight is 786 g/mol. The molecule has 0 bridgehead atoms. The minimum Gasteiger partial charge on any atom is -0.481 e. The molecule has 2 unspecified atom stereocenters. The van der Waals surface area contributed by atoms with Gasteiger partial charge in [-0.05, 0) is 85.6 Å². The van der Waals surface area contributed by atoms with Crippen molar-refractivity contribution in [2.24, 2.45) is 5.73 Å². The number of esters is 2. The fraction of sp³-hybridized carbons (Fsp3) is 0.200. The number of benzene rings is 2. The molecule has 284 valence electrons. The largest absolute Gasteiger partial charge is 0.481 e. The lowest BCUT2D eigenvalue weighted by molar-refractivity contribution is -0.147. The number of nitrogens with zero attached hydrogens (tertiary/aromatic N) is 4. The summed E-state index contributed by atoms with van der Waals surface area (Å²) in [5.74, 6) is -2.14. The number of carbonyl (C=O) groups is 4. The summed E-state index contributed by atoms with van der Waals surface area (Å²) in [5.41, 5.74) is 9.69. The van der Waals surface area contributed by atoms with Crippen LogP contribution in [-0.2, 0) is 41.5 Å². The highest BCUT2D eigenvalue weighted by Crippen LogP contribution is 2.20. The number of carboxylic acids is 1. The van der Waals surface area contributed by atoms with Crippen LogP contribution in [0.1, 0.15) is 48.4 Å². The maximum Gasteiger partial charge on any atom is 0.334 e. The van der Waals surface area contributed by atoms with Gasteiger partial charge in [-0.15, -0.1) is 0 Å². The lowest BCUT2D eigenvalue weighted by Crippen LogP contribution is -2.36. The first-order valence-corrected chi connectivity index (χ1v) is 17.7. The third kappa shape index (κ3) is 13.1. The molecule has 0 saturated heterocycles. The molecule has 6 rings (SSSR count). The summed E-state index contributed by atoms with van der Waals surface area (Å²) >= 11 is 11.8. The maximum absolute atomic E-state index is 12.5. The molecule has 0 radical (unpaired) electrons. The maximum atomic E-state index is 12.5. The number of ether oxygens (including phenoxy) is 2. The highest BCUT2D eigenvalue weighted by molar-refractivity contribution is 6.31. The number of nitrogens with one attached hydrogen (secondary N) is 1. The predicted molar refractivity (Wildman–Crippen MR) is 208 cm³/mol. The van der Waals surface area contributed by atoms with E-state index in [4.69, 9.17) is 43.5 Å². The van der Waals surface area contributed by atoms with Crippen molar-refractivity contribution in [2.75, 3.05) is 13.2 Å². The molecule has 0 spiro atoms. The molecule has 2 aromatic carbocycles. The molecule has 15 heteroatoms. The Balaban J connectivity index is 0.000000202. The Morgan fingerprint density at radius 2 is 1.20 bits per heavy atom. The number of carbonyl (C=O) groups excluding carboxylic acids is 3. The number of hydrogen-bond acceptors (Lipinski definition) is 11. The summed E-state index contributed by atoms with van der Waals surface area (Å²) in [6.45, 7) is 4.00. The second kappa shape index (κ2) is 21.0. The lowest BCUT2D eigenvalue weighted by Gasteiger charge is -2.17. The number of rotatable bonds is 11. The first-order valence-electron chi connectivity index (χ1n) is 17.0. The number of amides is 1. The smallest absolute Gasteiger partial charge is 0.334 e. The molecule has 13 nitrogen and oxygen atoms in total. The third-order valence-electron chi connectivity index (χ3n) is 7.50. The summed E-state index contributed by atoms with van der Waals surface area (Å²) in [6.07, 6.45) is 6.42. The average Bonchev–Trinajstić information content (AvgIpc) is 3.17. The predicted octanol–water partition coefficient (Wildman–Crippen LogP) is 6.41. The van der Waals surface area contributed by atoms with Gasteiger partial charge in [0.25, 0.3) is 0 Å². The molecule has 0 fully saturated rings. The van der Waals surface area contributed by atoms with Crippen LogP contribution >= 0.6 is 23.2 Å². The van der Waals surface area contributed by atoms with Gasteiger partial charge in [0, 0.05) is 35.6 Å². The zero-order valence-electron chi connectivity index (χ0n) is 29.9. The van der Waals surface area contributed by atoms with E-state index in [1.54, 1.807) is 105 Å². The Bertz CT molecular complexity index is 2230. The van der Waals surface area contributed by atoms with Crippen molar-refractivity contribution in [2.45, 2.75) is 38.8 Å². The molecule has 0 aliphatic rings. The lowest BCUT2D eigenvalue weighted by atomic mass is 10.1. The molecule has 0 saturated carbocycles. The van der Waals surface area contributed by atoms with Crippen LogP contribution in [0.5, 0.6) is 0 Å². The first kappa shape index (κ1) is 41.7. The van der Waals surface area contributed by atoms with Crippen LogP contribution < -0.4 is 11.1 Å². The Morgan fingerprint density at radius 3 is 1.69 bits per heavy atom. The molecule has 4 N–H and O–H groups in total. The minimum atomic E-state index is -0.949. The summed E-state index contributed by atoms with van der Waals surface area (Å²) in [4.78, 5) is 62.9. The minimum absolute atomic E-state index is 0.0163. The summed E-state index contributed by atoms with van der Waals surface area (Å²) in [7, 11) is 0. The number of halogens is 2. The van der Waals surface area contributed by atoms with Gasteiger partial charge < -0.3 is 25.6 Å². The van der Waals surface area contributed by atoms with E-state index in [2.05, 4.69) is 25.3 Å². The normalized spacial score (nSPS) is 11.5. The fourth-order valence-corrected chi connectivity index (χ4v) is 5.37.